The van der Waals surface area contributed by atoms with E-state index in [0.717, 1.165) is 61.6 Å². The fourth-order valence-corrected chi connectivity index (χ4v) is 3.41. The first-order chi connectivity index (χ1) is 13.3. The van der Waals surface area contributed by atoms with Gasteiger partial charge in [-0.1, -0.05) is 30.3 Å². The van der Waals surface area contributed by atoms with Gasteiger partial charge in [-0.2, -0.15) is 0 Å². The molecule has 7 heteroatoms. The summed E-state index contributed by atoms with van der Waals surface area (Å²) in [5.74, 6) is 3.00. The summed E-state index contributed by atoms with van der Waals surface area (Å²) >= 11 is 0. The minimum Gasteiger partial charge on any atom is -0.424 e. The van der Waals surface area contributed by atoms with Gasteiger partial charge < -0.3 is 9.32 Å². The van der Waals surface area contributed by atoms with Crippen LogP contribution in [-0.2, 0) is 6.54 Å². The number of rotatable bonds is 5. The molecule has 0 N–H and O–H groups in total. The molecule has 7 nitrogen and oxygen atoms in total. The van der Waals surface area contributed by atoms with Crippen molar-refractivity contribution in [1.29, 1.82) is 0 Å². The van der Waals surface area contributed by atoms with Crippen LogP contribution in [0.5, 0.6) is 0 Å². The zero-order valence-electron chi connectivity index (χ0n) is 15.2. The lowest BCUT2D eigenvalue weighted by molar-refractivity contribution is 0.223. The maximum atomic E-state index is 5.78. The molecule has 3 aromatic rings. The van der Waals surface area contributed by atoms with Crippen LogP contribution in [0, 0.1) is 0 Å². The third-order valence-electron chi connectivity index (χ3n) is 5.18. The second-order valence-corrected chi connectivity index (χ2v) is 7.21. The van der Waals surface area contributed by atoms with E-state index in [1.165, 1.54) is 12.8 Å². The summed E-state index contributed by atoms with van der Waals surface area (Å²) in [5, 5.41) is 17.2. The minimum absolute atomic E-state index is 0.514. The van der Waals surface area contributed by atoms with Crippen LogP contribution in [0.4, 0.5) is 5.82 Å². The Morgan fingerprint density at radius 3 is 2.37 bits per heavy atom. The lowest BCUT2D eigenvalue weighted by Crippen LogP contribution is -2.46. The molecule has 5 rings (SSSR count). The molecule has 27 heavy (non-hydrogen) atoms. The largest absolute Gasteiger partial charge is 0.424 e. The molecule has 2 fully saturated rings. The van der Waals surface area contributed by atoms with Crippen LogP contribution in [0.25, 0.3) is 11.3 Å². The van der Waals surface area contributed by atoms with Gasteiger partial charge in [0, 0.05) is 37.7 Å². The van der Waals surface area contributed by atoms with Crippen LogP contribution < -0.4 is 4.90 Å². The Morgan fingerprint density at radius 1 is 0.852 bits per heavy atom. The maximum absolute atomic E-state index is 5.78. The molecule has 1 saturated carbocycles. The highest BCUT2D eigenvalue weighted by Crippen LogP contribution is 2.39. The van der Waals surface area contributed by atoms with E-state index in [-0.39, 0.29) is 0 Å². The van der Waals surface area contributed by atoms with Crippen LogP contribution in [0.1, 0.15) is 30.5 Å². The molecule has 0 bridgehead atoms. The molecule has 1 saturated heterocycles. The Bertz CT molecular complexity index is 882. The first kappa shape index (κ1) is 16.4. The van der Waals surface area contributed by atoms with Crippen molar-refractivity contribution in [2.24, 2.45) is 0 Å². The highest BCUT2D eigenvalue weighted by molar-refractivity contribution is 5.59. The summed E-state index contributed by atoms with van der Waals surface area (Å²) in [7, 11) is 0. The zero-order chi connectivity index (χ0) is 18.1. The highest BCUT2D eigenvalue weighted by atomic mass is 16.4. The molecule has 0 unspecified atom stereocenters. The maximum Gasteiger partial charge on any atom is 0.230 e. The van der Waals surface area contributed by atoms with E-state index in [2.05, 4.69) is 48.4 Å². The Hall–Kier alpha value is -2.80. The van der Waals surface area contributed by atoms with Gasteiger partial charge in [-0.15, -0.1) is 20.4 Å². The average Bonchev–Trinajstić information content (AvgIpc) is 3.49. The van der Waals surface area contributed by atoms with E-state index in [1.54, 1.807) is 0 Å². The number of hydrogen-bond acceptors (Lipinski definition) is 7. The van der Waals surface area contributed by atoms with Gasteiger partial charge >= 0.3 is 0 Å². The van der Waals surface area contributed by atoms with Crippen molar-refractivity contribution in [3.05, 3.63) is 54.2 Å². The standard InChI is InChI=1S/C20H22N6O/c1-2-4-15(5-3-1)17-8-9-18(22-21-17)26-12-10-25(11-13-26)14-19-23-24-20(27-19)16-6-7-16/h1-5,8-9,16H,6-7,10-14H2. The lowest BCUT2D eigenvalue weighted by atomic mass is 10.1. The molecule has 0 radical (unpaired) electrons. The van der Waals surface area contributed by atoms with Gasteiger partial charge in [-0.25, -0.2) is 0 Å². The average molecular weight is 362 g/mol. The van der Waals surface area contributed by atoms with Crippen molar-refractivity contribution < 1.29 is 4.42 Å². The number of benzene rings is 1. The fourth-order valence-electron chi connectivity index (χ4n) is 3.41. The summed E-state index contributed by atoms with van der Waals surface area (Å²) in [4.78, 5) is 4.63. The van der Waals surface area contributed by atoms with Crippen LogP contribution >= 0.6 is 0 Å². The molecule has 3 heterocycles. The summed E-state index contributed by atoms with van der Waals surface area (Å²) in [6.45, 7) is 4.46. The fraction of sp³-hybridized carbons (Fsp3) is 0.400. The first-order valence-electron chi connectivity index (χ1n) is 9.54. The lowest BCUT2D eigenvalue weighted by Gasteiger charge is -2.34. The van der Waals surface area contributed by atoms with E-state index in [4.69, 9.17) is 4.42 Å². The van der Waals surface area contributed by atoms with Crippen molar-refractivity contribution in [3.63, 3.8) is 0 Å². The third-order valence-corrected chi connectivity index (χ3v) is 5.18. The monoisotopic (exact) mass is 362 g/mol. The molecular formula is C20H22N6O. The predicted octanol–water partition coefficient (Wildman–Crippen LogP) is 2.73. The Morgan fingerprint density at radius 2 is 1.67 bits per heavy atom. The van der Waals surface area contributed by atoms with Gasteiger partial charge in [0.05, 0.1) is 12.2 Å². The van der Waals surface area contributed by atoms with E-state index in [1.807, 2.05) is 24.3 Å². The van der Waals surface area contributed by atoms with Crippen molar-refractivity contribution in [1.82, 2.24) is 25.3 Å². The van der Waals surface area contributed by atoms with E-state index in [0.29, 0.717) is 5.92 Å². The van der Waals surface area contributed by atoms with Crippen molar-refractivity contribution in [2.75, 3.05) is 31.1 Å². The van der Waals surface area contributed by atoms with E-state index in [9.17, 15) is 0 Å². The summed E-state index contributed by atoms with van der Waals surface area (Å²) < 4.78 is 5.78. The van der Waals surface area contributed by atoms with Crippen LogP contribution in [0.2, 0.25) is 0 Å². The van der Waals surface area contributed by atoms with Gasteiger partial charge in [-0.3, -0.25) is 4.90 Å². The Balaban J connectivity index is 1.17. The molecule has 138 valence electrons. The number of aromatic nitrogens is 4. The minimum atomic E-state index is 0.514. The molecule has 1 aliphatic heterocycles. The first-order valence-corrected chi connectivity index (χ1v) is 9.54. The highest BCUT2D eigenvalue weighted by Gasteiger charge is 2.29. The molecular weight excluding hydrogens is 340 g/mol. The second kappa shape index (κ2) is 7.08. The second-order valence-electron chi connectivity index (χ2n) is 7.21. The van der Waals surface area contributed by atoms with E-state index >= 15 is 0 Å². The Labute approximate surface area is 158 Å². The number of nitrogens with zero attached hydrogens (tertiary/aromatic N) is 6. The zero-order valence-corrected chi connectivity index (χ0v) is 15.2. The summed E-state index contributed by atoms with van der Waals surface area (Å²) in [6, 6.07) is 14.2. The topological polar surface area (TPSA) is 71.2 Å². The molecule has 1 aromatic carbocycles. The van der Waals surface area contributed by atoms with Crippen molar-refractivity contribution in [3.8, 4) is 11.3 Å². The van der Waals surface area contributed by atoms with Gasteiger partial charge in [0.15, 0.2) is 5.82 Å². The third kappa shape index (κ3) is 3.68. The molecule has 0 amide bonds. The van der Waals surface area contributed by atoms with Gasteiger partial charge in [0.2, 0.25) is 11.8 Å². The van der Waals surface area contributed by atoms with Crippen LogP contribution in [0.15, 0.2) is 46.9 Å². The Kier molecular flexibility index (Phi) is 4.29. The van der Waals surface area contributed by atoms with Gasteiger partial charge in [-0.05, 0) is 25.0 Å². The van der Waals surface area contributed by atoms with Gasteiger partial charge in [0.25, 0.3) is 0 Å². The summed E-state index contributed by atoms with van der Waals surface area (Å²) in [6.07, 6.45) is 2.37. The van der Waals surface area contributed by atoms with Gasteiger partial charge in [0.1, 0.15) is 0 Å². The summed E-state index contributed by atoms with van der Waals surface area (Å²) in [5.41, 5.74) is 1.99. The molecule has 2 aliphatic rings. The molecule has 0 atom stereocenters. The SMILES string of the molecule is c1ccc(-c2ccc(N3CCN(Cc4nnc(C5CC5)o4)CC3)nn2)cc1. The van der Waals surface area contributed by atoms with E-state index < -0.39 is 0 Å². The number of anilines is 1. The molecule has 0 spiro atoms. The van der Waals surface area contributed by atoms with Crippen LogP contribution in [-0.4, -0.2) is 51.5 Å². The molecule has 2 aromatic heterocycles. The normalized spacial score (nSPS) is 18.0. The molecule has 1 aliphatic carbocycles. The predicted molar refractivity (Wildman–Crippen MR) is 101 cm³/mol. The number of hydrogen-bond donors (Lipinski definition) is 0. The van der Waals surface area contributed by atoms with Crippen LogP contribution in [0.3, 0.4) is 0 Å². The van der Waals surface area contributed by atoms with Crippen molar-refractivity contribution in [2.45, 2.75) is 25.3 Å². The van der Waals surface area contributed by atoms with Crippen molar-refractivity contribution >= 4 is 5.82 Å². The smallest absolute Gasteiger partial charge is 0.230 e. The number of piperazine rings is 1. The quantitative estimate of drug-likeness (QED) is 0.691.